The summed E-state index contributed by atoms with van der Waals surface area (Å²) in [4.78, 5) is 0. The summed E-state index contributed by atoms with van der Waals surface area (Å²) in [5, 5.41) is 16.6. The topological polar surface area (TPSA) is 46.0 Å². The van der Waals surface area contributed by atoms with Gasteiger partial charge in [-0.15, -0.1) is 0 Å². The standard InChI is InChI=1S/C23H15BrN4S/c24-21-12-6-5-11-19(21)22-26-27-23(29)28(22)25-14-20-17-9-3-1-7-15(17)13-16-8-2-4-10-18(16)20/h1-14H,(H,27,29)/b25-14+. The van der Waals surface area contributed by atoms with Crippen molar-refractivity contribution < 1.29 is 0 Å². The van der Waals surface area contributed by atoms with E-state index >= 15 is 0 Å². The van der Waals surface area contributed by atoms with Crippen LogP contribution in [0.3, 0.4) is 0 Å². The molecule has 0 amide bonds. The molecule has 4 nitrogen and oxygen atoms in total. The number of halogens is 1. The van der Waals surface area contributed by atoms with Gasteiger partial charge in [0.25, 0.3) is 0 Å². The van der Waals surface area contributed by atoms with Crippen molar-refractivity contribution in [2.24, 2.45) is 5.10 Å². The molecule has 0 radical (unpaired) electrons. The summed E-state index contributed by atoms with van der Waals surface area (Å²) in [7, 11) is 0. The van der Waals surface area contributed by atoms with E-state index in [4.69, 9.17) is 17.3 Å². The molecule has 0 spiro atoms. The van der Waals surface area contributed by atoms with Gasteiger partial charge < -0.3 is 0 Å². The van der Waals surface area contributed by atoms with E-state index in [2.05, 4.69) is 68.6 Å². The van der Waals surface area contributed by atoms with Crippen molar-refractivity contribution in [1.82, 2.24) is 14.9 Å². The lowest BCUT2D eigenvalue weighted by Gasteiger charge is -2.08. The molecule has 1 N–H and O–H groups in total. The van der Waals surface area contributed by atoms with Crippen molar-refractivity contribution in [3.8, 4) is 11.4 Å². The van der Waals surface area contributed by atoms with E-state index in [1.54, 1.807) is 4.68 Å². The minimum absolute atomic E-state index is 0.441. The predicted molar refractivity (Wildman–Crippen MR) is 125 cm³/mol. The van der Waals surface area contributed by atoms with Crippen LogP contribution in [0.25, 0.3) is 32.9 Å². The highest BCUT2D eigenvalue weighted by Gasteiger charge is 2.12. The maximum Gasteiger partial charge on any atom is 0.216 e. The number of aromatic amines is 1. The molecule has 0 fully saturated rings. The zero-order chi connectivity index (χ0) is 19.8. The molecular weight excluding hydrogens is 444 g/mol. The Morgan fingerprint density at radius 3 is 2.21 bits per heavy atom. The Balaban J connectivity index is 1.73. The molecule has 0 aliphatic rings. The van der Waals surface area contributed by atoms with Gasteiger partial charge in [-0.05, 0) is 52.0 Å². The molecule has 0 aliphatic carbocycles. The first kappa shape index (κ1) is 18.0. The van der Waals surface area contributed by atoms with Gasteiger partial charge in [0.1, 0.15) is 0 Å². The second-order valence-corrected chi connectivity index (χ2v) is 7.86. The molecule has 140 valence electrons. The summed E-state index contributed by atoms with van der Waals surface area (Å²) in [5.41, 5.74) is 1.97. The minimum Gasteiger partial charge on any atom is -0.250 e. The second-order valence-electron chi connectivity index (χ2n) is 6.62. The summed E-state index contributed by atoms with van der Waals surface area (Å²) >= 11 is 9.02. The summed E-state index contributed by atoms with van der Waals surface area (Å²) in [6.07, 6.45) is 1.87. The maximum atomic E-state index is 5.44. The van der Waals surface area contributed by atoms with Crippen molar-refractivity contribution >= 4 is 55.9 Å². The number of rotatable bonds is 3. The lowest BCUT2D eigenvalue weighted by atomic mass is 9.97. The van der Waals surface area contributed by atoms with E-state index in [1.807, 2.05) is 42.6 Å². The number of H-pyrrole nitrogens is 1. The Morgan fingerprint density at radius 1 is 0.897 bits per heavy atom. The fraction of sp³-hybridized carbons (Fsp3) is 0. The van der Waals surface area contributed by atoms with Crippen molar-refractivity contribution in [2.75, 3.05) is 0 Å². The van der Waals surface area contributed by atoms with Crippen molar-refractivity contribution in [2.45, 2.75) is 0 Å². The fourth-order valence-corrected chi connectivity index (χ4v) is 4.16. The zero-order valence-electron chi connectivity index (χ0n) is 15.2. The SMILES string of the molecule is S=c1[nH]nc(-c2ccccc2Br)n1/N=C/c1c2ccccc2cc2ccccc12. The van der Waals surface area contributed by atoms with Crippen LogP contribution in [-0.2, 0) is 0 Å². The van der Waals surface area contributed by atoms with Gasteiger partial charge >= 0.3 is 0 Å². The van der Waals surface area contributed by atoms with Crippen LogP contribution in [0.1, 0.15) is 5.56 Å². The third-order valence-electron chi connectivity index (χ3n) is 4.88. The summed E-state index contributed by atoms with van der Waals surface area (Å²) < 4.78 is 3.03. The molecule has 0 saturated heterocycles. The van der Waals surface area contributed by atoms with E-state index in [-0.39, 0.29) is 0 Å². The van der Waals surface area contributed by atoms with Gasteiger partial charge in [0.05, 0.1) is 6.21 Å². The van der Waals surface area contributed by atoms with Crippen LogP contribution in [0, 0.1) is 4.77 Å². The molecule has 0 bridgehead atoms. The number of aromatic nitrogens is 3. The average Bonchev–Trinajstić information content (AvgIpc) is 3.11. The van der Waals surface area contributed by atoms with Crippen molar-refractivity contribution in [3.05, 3.63) is 93.7 Å². The molecule has 0 atom stereocenters. The van der Waals surface area contributed by atoms with Gasteiger partial charge in [0.15, 0.2) is 5.82 Å². The summed E-state index contributed by atoms with van der Waals surface area (Å²) in [5.74, 6) is 0.656. The molecule has 0 aliphatic heterocycles. The first-order valence-corrected chi connectivity index (χ1v) is 10.3. The van der Waals surface area contributed by atoms with Crippen LogP contribution in [-0.4, -0.2) is 21.1 Å². The Labute approximate surface area is 180 Å². The van der Waals surface area contributed by atoms with E-state index in [0.717, 1.165) is 26.4 Å². The van der Waals surface area contributed by atoms with Crippen LogP contribution < -0.4 is 0 Å². The lowest BCUT2D eigenvalue weighted by Crippen LogP contribution is -1.97. The molecule has 29 heavy (non-hydrogen) atoms. The zero-order valence-corrected chi connectivity index (χ0v) is 17.6. The van der Waals surface area contributed by atoms with Crippen molar-refractivity contribution in [1.29, 1.82) is 0 Å². The van der Waals surface area contributed by atoms with Gasteiger partial charge in [-0.25, -0.2) is 5.10 Å². The molecule has 6 heteroatoms. The normalized spacial score (nSPS) is 11.6. The van der Waals surface area contributed by atoms with Crippen molar-refractivity contribution in [3.63, 3.8) is 0 Å². The number of hydrogen-bond donors (Lipinski definition) is 1. The quantitative estimate of drug-likeness (QED) is 0.189. The molecule has 0 saturated carbocycles. The molecule has 4 aromatic carbocycles. The molecule has 1 heterocycles. The van der Waals surface area contributed by atoms with Gasteiger partial charge in [-0.1, -0.05) is 76.6 Å². The largest absolute Gasteiger partial charge is 0.250 e. The highest BCUT2D eigenvalue weighted by molar-refractivity contribution is 9.10. The third-order valence-corrected chi connectivity index (χ3v) is 5.84. The highest BCUT2D eigenvalue weighted by Crippen LogP contribution is 2.29. The highest BCUT2D eigenvalue weighted by atomic mass is 79.9. The molecular formula is C23H15BrN4S. The lowest BCUT2D eigenvalue weighted by molar-refractivity contribution is 0.871. The van der Waals surface area contributed by atoms with Gasteiger partial charge in [0, 0.05) is 15.6 Å². The van der Waals surface area contributed by atoms with Crippen LogP contribution in [0.2, 0.25) is 0 Å². The second kappa shape index (κ2) is 7.39. The molecule has 5 rings (SSSR count). The summed E-state index contributed by atoms with van der Waals surface area (Å²) in [6.45, 7) is 0. The molecule has 0 unspecified atom stereocenters. The van der Waals surface area contributed by atoms with E-state index in [9.17, 15) is 0 Å². The Kier molecular flexibility index (Phi) is 4.58. The number of benzene rings is 4. The number of nitrogens with one attached hydrogen (secondary N) is 1. The maximum absolute atomic E-state index is 5.44. The third kappa shape index (κ3) is 3.20. The van der Waals surface area contributed by atoms with E-state index < -0.39 is 0 Å². The number of hydrogen-bond acceptors (Lipinski definition) is 3. The van der Waals surface area contributed by atoms with Crippen LogP contribution in [0.5, 0.6) is 0 Å². The Hall–Kier alpha value is -3.09. The molecule has 5 aromatic rings. The van der Waals surface area contributed by atoms with E-state index in [0.29, 0.717) is 10.6 Å². The van der Waals surface area contributed by atoms with Gasteiger partial charge in [0.2, 0.25) is 4.77 Å². The van der Waals surface area contributed by atoms with E-state index in [1.165, 1.54) is 10.8 Å². The van der Waals surface area contributed by atoms with Crippen LogP contribution in [0.15, 0.2) is 88.4 Å². The van der Waals surface area contributed by atoms with Gasteiger partial charge in [-0.2, -0.15) is 14.9 Å². The minimum atomic E-state index is 0.441. The fourth-order valence-electron chi connectivity index (χ4n) is 3.52. The summed E-state index contributed by atoms with van der Waals surface area (Å²) in [6, 6.07) is 26.8. The first-order chi connectivity index (χ1) is 14.2. The smallest absolute Gasteiger partial charge is 0.216 e. The average molecular weight is 459 g/mol. The van der Waals surface area contributed by atoms with Crippen LogP contribution >= 0.6 is 28.1 Å². The molecule has 1 aromatic heterocycles. The number of fused-ring (bicyclic) bond motifs is 2. The first-order valence-electron chi connectivity index (χ1n) is 9.09. The monoisotopic (exact) mass is 458 g/mol. The Morgan fingerprint density at radius 2 is 1.52 bits per heavy atom. The Bertz CT molecular complexity index is 1390. The predicted octanol–water partition coefficient (Wildman–Crippen LogP) is 6.56. The van der Waals surface area contributed by atoms with Crippen LogP contribution in [0.4, 0.5) is 0 Å². The number of nitrogens with zero attached hydrogens (tertiary/aromatic N) is 3. The van der Waals surface area contributed by atoms with Gasteiger partial charge in [-0.3, -0.25) is 0 Å².